The zero-order valence-corrected chi connectivity index (χ0v) is 8.28. The number of carbonyl (C=O) groups excluding carboxylic acids is 3. The van der Waals surface area contributed by atoms with Crippen LogP contribution in [0.4, 0.5) is 4.79 Å². The second kappa shape index (κ2) is 6.47. The van der Waals surface area contributed by atoms with E-state index >= 15 is 0 Å². The zero-order chi connectivity index (χ0) is 11.8. The van der Waals surface area contributed by atoms with Crippen LogP contribution >= 0.6 is 0 Å². The van der Waals surface area contributed by atoms with E-state index in [4.69, 9.17) is 5.41 Å². The van der Waals surface area contributed by atoms with E-state index in [1.165, 1.54) is 6.08 Å². The van der Waals surface area contributed by atoms with E-state index in [0.29, 0.717) is 6.61 Å². The van der Waals surface area contributed by atoms with Gasteiger partial charge in [-0.25, -0.2) is 4.79 Å². The smallest absolute Gasteiger partial charge is 0.404 e. The minimum atomic E-state index is -0.711. The van der Waals surface area contributed by atoms with Crippen molar-refractivity contribution in [3.63, 3.8) is 0 Å². The molecule has 6 heteroatoms. The molecule has 1 rings (SSSR count). The van der Waals surface area contributed by atoms with Crippen molar-refractivity contribution in [1.29, 1.82) is 5.41 Å². The van der Waals surface area contributed by atoms with E-state index in [-0.39, 0.29) is 23.7 Å². The summed E-state index contributed by atoms with van der Waals surface area (Å²) in [5.74, 6) is -0.519. The van der Waals surface area contributed by atoms with E-state index in [1.54, 1.807) is 6.92 Å². The van der Waals surface area contributed by atoms with Gasteiger partial charge in [0.15, 0.2) is 11.6 Å². The molecular weight excluding hydrogens is 200 g/mol. The first-order chi connectivity index (χ1) is 6.97. The number of nitrogens with one attached hydrogen (secondary N) is 1. The van der Waals surface area contributed by atoms with Crippen LogP contribution in [0.3, 0.4) is 0 Å². The highest BCUT2D eigenvalue weighted by Crippen LogP contribution is 1.97. The monoisotopic (exact) mass is 212 g/mol. The molecule has 0 saturated carbocycles. The summed E-state index contributed by atoms with van der Waals surface area (Å²) in [7, 11) is 0. The third-order valence-electron chi connectivity index (χ3n) is 1.36. The quantitative estimate of drug-likeness (QED) is 0.646. The predicted octanol–water partition coefficient (Wildman–Crippen LogP) is 0.206. The average molecular weight is 212 g/mol. The van der Waals surface area contributed by atoms with Gasteiger partial charge in [-0.3, -0.25) is 9.59 Å². The Kier molecular flexibility index (Phi) is 5.62. The SMILES string of the molecule is CCOC(N)=O.N=C1CC(=O)C=CC1=O. The Morgan fingerprint density at radius 2 is 2.13 bits per heavy atom. The summed E-state index contributed by atoms with van der Waals surface area (Å²) in [5, 5.41) is 6.90. The molecule has 6 nitrogen and oxygen atoms in total. The Bertz CT molecular complexity index is 320. The predicted molar refractivity (Wildman–Crippen MR) is 52.7 cm³/mol. The first kappa shape index (κ1) is 13.0. The van der Waals surface area contributed by atoms with Gasteiger partial charge < -0.3 is 15.9 Å². The fraction of sp³-hybridized carbons (Fsp3) is 0.333. The molecule has 82 valence electrons. The summed E-state index contributed by atoms with van der Waals surface area (Å²) in [6.07, 6.45) is 1.60. The van der Waals surface area contributed by atoms with Crippen LogP contribution in [0.25, 0.3) is 0 Å². The van der Waals surface area contributed by atoms with Gasteiger partial charge in [-0.1, -0.05) is 0 Å². The molecule has 0 aromatic rings. The number of allylic oxidation sites excluding steroid dienone is 2. The summed E-state index contributed by atoms with van der Waals surface area (Å²) < 4.78 is 4.18. The number of carbonyl (C=O) groups is 3. The molecule has 0 aromatic heterocycles. The van der Waals surface area contributed by atoms with Gasteiger partial charge in [0.2, 0.25) is 0 Å². The molecule has 0 aromatic carbocycles. The molecule has 0 spiro atoms. The highest BCUT2D eigenvalue weighted by Gasteiger charge is 2.14. The van der Waals surface area contributed by atoms with E-state index in [9.17, 15) is 14.4 Å². The third kappa shape index (κ3) is 6.14. The lowest BCUT2D eigenvalue weighted by Crippen LogP contribution is -2.18. The Morgan fingerprint density at radius 3 is 2.40 bits per heavy atom. The van der Waals surface area contributed by atoms with Gasteiger partial charge in [0.1, 0.15) is 0 Å². The molecule has 0 aliphatic heterocycles. The fourth-order valence-corrected chi connectivity index (χ4v) is 0.732. The van der Waals surface area contributed by atoms with Crippen LogP contribution in [0, 0.1) is 5.41 Å². The molecule has 0 fully saturated rings. The first-order valence-electron chi connectivity index (χ1n) is 4.22. The number of amides is 1. The largest absolute Gasteiger partial charge is 0.450 e. The van der Waals surface area contributed by atoms with Crippen LogP contribution in [0.15, 0.2) is 12.2 Å². The summed E-state index contributed by atoms with van der Waals surface area (Å²) in [6, 6.07) is 0. The number of rotatable bonds is 1. The van der Waals surface area contributed by atoms with Crippen molar-refractivity contribution >= 4 is 23.4 Å². The Balaban J connectivity index is 0.000000288. The van der Waals surface area contributed by atoms with Gasteiger partial charge in [-0.05, 0) is 19.1 Å². The van der Waals surface area contributed by atoms with Crippen molar-refractivity contribution in [3.05, 3.63) is 12.2 Å². The van der Waals surface area contributed by atoms with Gasteiger partial charge in [0, 0.05) is 0 Å². The maximum Gasteiger partial charge on any atom is 0.404 e. The molecule has 1 aliphatic rings. The highest BCUT2D eigenvalue weighted by molar-refractivity contribution is 6.48. The Hall–Kier alpha value is -1.98. The van der Waals surface area contributed by atoms with Crippen molar-refractivity contribution in [2.45, 2.75) is 13.3 Å². The van der Waals surface area contributed by atoms with Gasteiger partial charge >= 0.3 is 6.09 Å². The molecule has 0 bridgehead atoms. The van der Waals surface area contributed by atoms with E-state index in [1.807, 2.05) is 0 Å². The van der Waals surface area contributed by atoms with Gasteiger partial charge in [-0.2, -0.15) is 0 Å². The van der Waals surface area contributed by atoms with Crippen LogP contribution in [0.1, 0.15) is 13.3 Å². The average Bonchev–Trinajstić information content (AvgIpc) is 2.13. The Labute approximate surface area is 86.6 Å². The number of nitrogens with two attached hydrogens (primary N) is 1. The number of hydrogen-bond donors (Lipinski definition) is 2. The first-order valence-corrected chi connectivity index (χ1v) is 4.22. The topological polar surface area (TPSA) is 110 Å². The molecule has 0 saturated heterocycles. The molecule has 15 heavy (non-hydrogen) atoms. The fourth-order valence-electron chi connectivity index (χ4n) is 0.732. The van der Waals surface area contributed by atoms with Crippen LogP contribution in [0.5, 0.6) is 0 Å². The van der Waals surface area contributed by atoms with Crippen molar-refractivity contribution in [2.75, 3.05) is 6.61 Å². The van der Waals surface area contributed by atoms with E-state index < -0.39 is 6.09 Å². The molecule has 0 atom stereocenters. The van der Waals surface area contributed by atoms with Gasteiger partial charge in [-0.15, -0.1) is 0 Å². The van der Waals surface area contributed by atoms with Crippen LogP contribution in [0.2, 0.25) is 0 Å². The van der Waals surface area contributed by atoms with Gasteiger partial charge in [0.05, 0.1) is 18.7 Å². The number of hydrogen-bond acceptors (Lipinski definition) is 5. The maximum atomic E-state index is 10.5. The van der Waals surface area contributed by atoms with E-state index in [2.05, 4.69) is 10.5 Å². The van der Waals surface area contributed by atoms with Crippen molar-refractivity contribution in [3.8, 4) is 0 Å². The Morgan fingerprint density at radius 1 is 1.53 bits per heavy atom. The molecule has 3 N–H and O–H groups in total. The lowest BCUT2D eigenvalue weighted by molar-refractivity contribution is -0.116. The van der Waals surface area contributed by atoms with E-state index in [0.717, 1.165) is 6.08 Å². The van der Waals surface area contributed by atoms with Crippen molar-refractivity contribution in [1.82, 2.24) is 0 Å². The molecular formula is C9H12N2O4. The molecule has 1 amide bonds. The van der Waals surface area contributed by atoms with Crippen LogP contribution in [-0.4, -0.2) is 30.0 Å². The third-order valence-corrected chi connectivity index (χ3v) is 1.36. The number of primary amides is 1. The summed E-state index contributed by atoms with van der Waals surface area (Å²) in [5.41, 5.74) is 4.43. The van der Waals surface area contributed by atoms with Crippen LogP contribution in [-0.2, 0) is 14.3 Å². The van der Waals surface area contributed by atoms with Crippen molar-refractivity contribution < 1.29 is 19.1 Å². The normalized spacial score (nSPS) is 14.3. The highest BCUT2D eigenvalue weighted by atomic mass is 16.5. The lowest BCUT2D eigenvalue weighted by atomic mass is 10.0. The minimum Gasteiger partial charge on any atom is -0.450 e. The summed E-state index contributed by atoms with van der Waals surface area (Å²) in [4.78, 5) is 30.5. The second-order valence-corrected chi connectivity index (χ2v) is 2.57. The summed E-state index contributed by atoms with van der Waals surface area (Å²) in [6.45, 7) is 2.06. The standard InChI is InChI=1S/C6H5NO2.C3H7NO2/c7-5-3-4(8)1-2-6(5)9;1-2-6-3(4)5/h1-2,7H,3H2;2H2,1H3,(H2,4,5). The molecule has 0 heterocycles. The second-order valence-electron chi connectivity index (χ2n) is 2.57. The van der Waals surface area contributed by atoms with Gasteiger partial charge in [0.25, 0.3) is 0 Å². The lowest BCUT2D eigenvalue weighted by Gasteiger charge is -1.99. The molecule has 0 radical (unpaired) electrons. The maximum absolute atomic E-state index is 10.5. The summed E-state index contributed by atoms with van der Waals surface area (Å²) >= 11 is 0. The molecule has 1 aliphatic carbocycles. The van der Waals surface area contributed by atoms with Crippen LogP contribution < -0.4 is 5.73 Å². The molecule has 0 unspecified atom stereocenters. The minimum absolute atomic E-state index is 0.0324. The van der Waals surface area contributed by atoms with Crippen molar-refractivity contribution in [2.24, 2.45) is 5.73 Å². The number of ketones is 2. The number of ether oxygens (including phenoxy) is 1. The zero-order valence-electron chi connectivity index (χ0n) is 8.28.